The van der Waals surface area contributed by atoms with E-state index < -0.39 is 23.8 Å². The first-order chi connectivity index (χ1) is 8.57. The maximum Gasteiger partial charge on any atom is 0.412 e. The van der Waals surface area contributed by atoms with Gasteiger partial charge in [-0.25, -0.2) is 9.59 Å². The molecule has 1 fully saturated rings. The number of carbonyl (C=O) groups excluding carboxylic acids is 2. The van der Waals surface area contributed by atoms with Crippen molar-refractivity contribution in [3.63, 3.8) is 0 Å². The van der Waals surface area contributed by atoms with Gasteiger partial charge in [-0.3, -0.25) is 4.90 Å². The van der Waals surface area contributed by atoms with Crippen molar-refractivity contribution in [3.8, 4) is 0 Å². The van der Waals surface area contributed by atoms with Gasteiger partial charge in [-0.2, -0.15) is 0 Å². The van der Waals surface area contributed by atoms with Crippen molar-refractivity contribution in [1.29, 1.82) is 0 Å². The van der Waals surface area contributed by atoms with Crippen LogP contribution in [-0.2, 0) is 19.0 Å². The molecule has 1 saturated heterocycles. The molecule has 1 rings (SSSR count). The summed E-state index contributed by atoms with van der Waals surface area (Å²) in [6.45, 7) is 3.63. The first kappa shape index (κ1) is 14.5. The minimum atomic E-state index is -1.08. The lowest BCUT2D eigenvalue weighted by molar-refractivity contribution is -0.156. The van der Waals surface area contributed by atoms with Crippen LogP contribution in [0.5, 0.6) is 0 Å². The highest BCUT2D eigenvalue weighted by atomic mass is 16.6. The average molecular weight is 257 g/mol. The molecule has 1 heterocycles. The lowest BCUT2D eigenvalue weighted by Gasteiger charge is -2.36. The topological polar surface area (TPSA) is 65.1 Å². The summed E-state index contributed by atoms with van der Waals surface area (Å²) in [5.41, 5.74) is -1.08. The fourth-order valence-electron chi connectivity index (χ4n) is 2.41. The molecule has 0 N–H and O–H groups in total. The molecule has 0 saturated carbocycles. The molecule has 18 heavy (non-hydrogen) atoms. The SMILES string of the molecule is C=CC[C@@]1(C(=O)OC)CCC(OC)N1C(=O)OC. The molecule has 0 bridgehead atoms. The molecular formula is C12H19NO5. The van der Waals surface area contributed by atoms with Crippen molar-refractivity contribution < 1.29 is 23.8 Å². The number of ether oxygens (including phenoxy) is 3. The van der Waals surface area contributed by atoms with Gasteiger partial charge in [0.1, 0.15) is 11.8 Å². The first-order valence-electron chi connectivity index (χ1n) is 5.66. The van der Waals surface area contributed by atoms with E-state index in [-0.39, 0.29) is 0 Å². The maximum atomic E-state index is 12.0. The van der Waals surface area contributed by atoms with Gasteiger partial charge >= 0.3 is 12.1 Å². The van der Waals surface area contributed by atoms with E-state index in [0.29, 0.717) is 19.3 Å². The Labute approximate surface area is 106 Å². The molecule has 0 radical (unpaired) electrons. The zero-order chi connectivity index (χ0) is 13.8. The summed E-state index contributed by atoms with van der Waals surface area (Å²) in [5.74, 6) is -0.479. The van der Waals surface area contributed by atoms with Gasteiger partial charge < -0.3 is 14.2 Å². The van der Waals surface area contributed by atoms with Crippen LogP contribution < -0.4 is 0 Å². The molecule has 2 atom stereocenters. The van der Waals surface area contributed by atoms with Gasteiger partial charge in [0.15, 0.2) is 0 Å². The fraction of sp³-hybridized carbons (Fsp3) is 0.667. The van der Waals surface area contributed by atoms with Gasteiger partial charge in [0.25, 0.3) is 0 Å². The number of hydrogen-bond acceptors (Lipinski definition) is 5. The van der Waals surface area contributed by atoms with Crippen LogP contribution in [0.1, 0.15) is 19.3 Å². The molecule has 1 unspecified atom stereocenters. The van der Waals surface area contributed by atoms with Crippen molar-refractivity contribution in [2.45, 2.75) is 31.0 Å². The second-order valence-electron chi connectivity index (χ2n) is 4.09. The van der Waals surface area contributed by atoms with Gasteiger partial charge in [0, 0.05) is 7.11 Å². The fourth-order valence-corrected chi connectivity index (χ4v) is 2.41. The number of nitrogens with zero attached hydrogens (tertiary/aromatic N) is 1. The van der Waals surface area contributed by atoms with E-state index in [4.69, 9.17) is 14.2 Å². The van der Waals surface area contributed by atoms with E-state index in [9.17, 15) is 9.59 Å². The van der Waals surface area contributed by atoms with Gasteiger partial charge in [-0.05, 0) is 19.3 Å². The molecule has 6 heteroatoms. The van der Waals surface area contributed by atoms with Crippen LogP contribution in [-0.4, -0.2) is 50.1 Å². The Balaban J connectivity index is 3.17. The molecule has 1 aliphatic heterocycles. The van der Waals surface area contributed by atoms with E-state index in [1.54, 1.807) is 6.08 Å². The normalized spacial score (nSPS) is 26.8. The van der Waals surface area contributed by atoms with Crippen LogP contribution >= 0.6 is 0 Å². The number of hydrogen-bond donors (Lipinski definition) is 0. The molecule has 6 nitrogen and oxygen atoms in total. The Morgan fingerprint density at radius 2 is 2.06 bits per heavy atom. The van der Waals surface area contributed by atoms with E-state index in [1.165, 1.54) is 26.2 Å². The zero-order valence-electron chi connectivity index (χ0n) is 11.0. The summed E-state index contributed by atoms with van der Waals surface area (Å²) in [7, 11) is 4.05. The van der Waals surface area contributed by atoms with E-state index in [1.807, 2.05) is 0 Å². The predicted octanol–water partition coefficient (Wildman–Crippen LogP) is 1.31. The number of methoxy groups -OCH3 is 3. The van der Waals surface area contributed by atoms with Gasteiger partial charge in [-0.15, -0.1) is 6.58 Å². The maximum absolute atomic E-state index is 12.0. The lowest BCUT2D eigenvalue weighted by atomic mass is 9.92. The molecule has 0 spiro atoms. The van der Waals surface area contributed by atoms with Crippen LogP contribution in [0.4, 0.5) is 4.79 Å². The third-order valence-electron chi connectivity index (χ3n) is 3.24. The molecule has 0 aromatic rings. The van der Waals surface area contributed by atoms with Crippen molar-refractivity contribution in [1.82, 2.24) is 4.90 Å². The first-order valence-corrected chi connectivity index (χ1v) is 5.66. The molecule has 0 aromatic carbocycles. The van der Waals surface area contributed by atoms with E-state index >= 15 is 0 Å². The highest BCUT2D eigenvalue weighted by Crippen LogP contribution is 2.38. The van der Waals surface area contributed by atoms with Crippen molar-refractivity contribution >= 4 is 12.1 Å². The molecule has 102 valence electrons. The molecule has 1 amide bonds. The number of carbonyl (C=O) groups is 2. The number of amides is 1. The predicted molar refractivity (Wildman–Crippen MR) is 63.8 cm³/mol. The second kappa shape index (κ2) is 5.86. The minimum absolute atomic E-state index is 0.300. The van der Waals surface area contributed by atoms with E-state index in [2.05, 4.69) is 6.58 Å². The quantitative estimate of drug-likeness (QED) is 0.561. The molecular weight excluding hydrogens is 238 g/mol. The van der Waals surface area contributed by atoms with Crippen LogP contribution in [0.25, 0.3) is 0 Å². The van der Waals surface area contributed by atoms with Gasteiger partial charge in [-0.1, -0.05) is 6.08 Å². The molecule has 1 aliphatic rings. The average Bonchev–Trinajstić information content (AvgIpc) is 2.77. The molecule has 0 aromatic heterocycles. The van der Waals surface area contributed by atoms with Crippen molar-refractivity contribution in [2.24, 2.45) is 0 Å². The van der Waals surface area contributed by atoms with Crippen molar-refractivity contribution in [2.75, 3.05) is 21.3 Å². The second-order valence-corrected chi connectivity index (χ2v) is 4.09. The van der Waals surface area contributed by atoms with Crippen LogP contribution in [0.15, 0.2) is 12.7 Å². The summed E-state index contributed by atoms with van der Waals surface area (Å²) in [5, 5.41) is 0. The minimum Gasteiger partial charge on any atom is -0.467 e. The summed E-state index contributed by atoms with van der Waals surface area (Å²) in [4.78, 5) is 25.2. The van der Waals surface area contributed by atoms with Crippen molar-refractivity contribution in [3.05, 3.63) is 12.7 Å². The number of likely N-dealkylation sites (tertiary alicyclic amines) is 1. The monoisotopic (exact) mass is 257 g/mol. The van der Waals surface area contributed by atoms with Crippen LogP contribution in [0.3, 0.4) is 0 Å². The standard InChI is InChI=1S/C12H19NO5/c1-5-7-12(10(14)17-3)8-6-9(16-2)13(12)11(15)18-4/h5,9H,1,6-8H2,2-4H3/t9?,12-/m0/s1. The van der Waals surface area contributed by atoms with Gasteiger partial charge in [0.2, 0.25) is 0 Å². The number of esters is 1. The lowest BCUT2D eigenvalue weighted by Crippen LogP contribution is -2.56. The largest absolute Gasteiger partial charge is 0.467 e. The van der Waals surface area contributed by atoms with E-state index in [0.717, 1.165) is 0 Å². The summed E-state index contributed by atoms with van der Waals surface area (Å²) in [6, 6.07) is 0. The summed E-state index contributed by atoms with van der Waals surface area (Å²) < 4.78 is 14.8. The third-order valence-corrected chi connectivity index (χ3v) is 3.24. The Morgan fingerprint density at radius 3 is 2.50 bits per heavy atom. The summed E-state index contributed by atoms with van der Waals surface area (Å²) >= 11 is 0. The zero-order valence-corrected chi connectivity index (χ0v) is 11.0. The van der Waals surface area contributed by atoms with Gasteiger partial charge in [0.05, 0.1) is 14.2 Å². The Bertz CT molecular complexity index is 343. The highest BCUT2D eigenvalue weighted by Gasteiger charge is 2.55. The molecule has 0 aliphatic carbocycles. The smallest absolute Gasteiger partial charge is 0.412 e. The third kappa shape index (κ3) is 2.20. The summed E-state index contributed by atoms with van der Waals surface area (Å²) in [6.07, 6.45) is 1.80. The van der Waals surface area contributed by atoms with Crippen LogP contribution in [0.2, 0.25) is 0 Å². The Kier molecular flexibility index (Phi) is 4.72. The van der Waals surface area contributed by atoms with Crippen LogP contribution in [0, 0.1) is 0 Å². The Morgan fingerprint density at radius 1 is 1.39 bits per heavy atom. The Hall–Kier alpha value is -1.56. The highest BCUT2D eigenvalue weighted by molar-refractivity contribution is 5.86. The number of rotatable bonds is 4.